The summed E-state index contributed by atoms with van der Waals surface area (Å²) in [6.45, 7) is 8.98. The number of aliphatic hydroxyl groups excluding tert-OH is 1. The predicted octanol–water partition coefficient (Wildman–Crippen LogP) is 2.40. The second-order valence-corrected chi connectivity index (χ2v) is 5.84. The normalized spacial score (nSPS) is 24.1. The van der Waals surface area contributed by atoms with Gasteiger partial charge in [0.2, 0.25) is 0 Å². The van der Waals surface area contributed by atoms with Gasteiger partial charge in [-0.1, -0.05) is 0 Å². The first-order valence-electron chi connectivity index (χ1n) is 6.47. The van der Waals surface area contributed by atoms with Crippen molar-refractivity contribution in [2.24, 2.45) is 5.92 Å². The minimum absolute atomic E-state index is 0.114. The molecule has 0 spiro atoms. The minimum atomic E-state index is -0.433. The van der Waals surface area contributed by atoms with E-state index in [0.29, 0.717) is 12.5 Å². The molecule has 0 aliphatic heterocycles. The maximum absolute atomic E-state index is 11.8. The lowest BCUT2D eigenvalue weighted by atomic mass is 9.80. The smallest absolute Gasteiger partial charge is 0.410 e. The molecule has 1 fully saturated rings. The maximum atomic E-state index is 11.8. The molecule has 1 saturated carbocycles. The van der Waals surface area contributed by atoms with Gasteiger partial charge in [-0.2, -0.15) is 0 Å². The molecule has 1 aliphatic carbocycles. The molecule has 0 radical (unpaired) electrons. The van der Waals surface area contributed by atoms with Crippen LogP contribution in [-0.4, -0.2) is 40.9 Å². The molecular formula is C13H25NO3. The fourth-order valence-corrected chi connectivity index (χ4v) is 1.98. The Morgan fingerprint density at radius 1 is 1.41 bits per heavy atom. The van der Waals surface area contributed by atoms with Crippen molar-refractivity contribution in [1.82, 2.24) is 4.90 Å². The monoisotopic (exact) mass is 243 g/mol. The number of rotatable bonds is 4. The fraction of sp³-hybridized carbons (Fsp3) is 0.923. The van der Waals surface area contributed by atoms with E-state index in [2.05, 4.69) is 0 Å². The lowest BCUT2D eigenvalue weighted by molar-refractivity contribution is 0.0158. The first-order chi connectivity index (χ1) is 7.81. The molecule has 1 amide bonds. The van der Waals surface area contributed by atoms with Gasteiger partial charge in [-0.3, -0.25) is 0 Å². The van der Waals surface area contributed by atoms with Crippen LogP contribution in [0.2, 0.25) is 0 Å². The molecule has 0 aromatic carbocycles. The number of aliphatic hydroxyl groups is 1. The summed E-state index contributed by atoms with van der Waals surface area (Å²) in [5, 5.41) is 9.20. The number of hydrogen-bond donors (Lipinski definition) is 1. The summed E-state index contributed by atoms with van der Waals surface area (Å²) in [6, 6.07) is 0. The molecule has 0 saturated heterocycles. The van der Waals surface area contributed by atoms with E-state index in [1.54, 1.807) is 4.90 Å². The Labute approximate surface area is 104 Å². The maximum Gasteiger partial charge on any atom is 0.410 e. The Kier molecular flexibility index (Phi) is 4.80. The topological polar surface area (TPSA) is 49.8 Å². The highest BCUT2D eigenvalue weighted by Crippen LogP contribution is 2.30. The van der Waals surface area contributed by atoms with Crippen molar-refractivity contribution in [3.05, 3.63) is 0 Å². The van der Waals surface area contributed by atoms with Gasteiger partial charge in [-0.25, -0.2) is 4.79 Å². The van der Waals surface area contributed by atoms with Crippen LogP contribution in [0.1, 0.15) is 47.0 Å². The molecule has 1 N–H and O–H groups in total. The minimum Gasteiger partial charge on any atom is -0.444 e. The average Bonchev–Trinajstić information content (AvgIpc) is 2.12. The quantitative estimate of drug-likeness (QED) is 0.825. The average molecular weight is 243 g/mol. The number of ether oxygens (including phenoxy) is 1. The highest BCUT2D eigenvalue weighted by Gasteiger charge is 2.28. The molecule has 0 unspecified atom stereocenters. The van der Waals surface area contributed by atoms with Gasteiger partial charge in [0.25, 0.3) is 0 Å². The number of carbonyl (C=O) groups excluding carboxylic acids is 1. The SMILES string of the molecule is CCN(CC[C@H]1C[C@@H](O)C1)C(=O)OC(C)(C)C. The van der Waals surface area contributed by atoms with E-state index >= 15 is 0 Å². The predicted molar refractivity (Wildman–Crippen MR) is 66.8 cm³/mol. The number of amides is 1. The van der Waals surface area contributed by atoms with Crippen LogP contribution in [0.5, 0.6) is 0 Å². The molecule has 0 atom stereocenters. The summed E-state index contributed by atoms with van der Waals surface area (Å²) in [5.74, 6) is 0.571. The van der Waals surface area contributed by atoms with Crippen molar-refractivity contribution in [3.8, 4) is 0 Å². The van der Waals surface area contributed by atoms with Crippen LogP contribution in [0, 0.1) is 5.92 Å². The van der Waals surface area contributed by atoms with E-state index in [1.165, 1.54) is 0 Å². The summed E-state index contributed by atoms with van der Waals surface area (Å²) < 4.78 is 5.33. The summed E-state index contributed by atoms with van der Waals surface area (Å²) >= 11 is 0. The van der Waals surface area contributed by atoms with Gasteiger partial charge in [-0.05, 0) is 52.9 Å². The molecule has 17 heavy (non-hydrogen) atoms. The first-order valence-corrected chi connectivity index (χ1v) is 6.47. The van der Waals surface area contributed by atoms with Gasteiger partial charge in [0.05, 0.1) is 6.10 Å². The van der Waals surface area contributed by atoms with Crippen LogP contribution in [0.4, 0.5) is 4.79 Å². The molecule has 0 aromatic rings. The zero-order valence-corrected chi connectivity index (χ0v) is 11.4. The third kappa shape index (κ3) is 4.94. The lowest BCUT2D eigenvalue weighted by Gasteiger charge is -2.33. The third-order valence-electron chi connectivity index (χ3n) is 3.05. The van der Waals surface area contributed by atoms with E-state index in [1.807, 2.05) is 27.7 Å². The first kappa shape index (κ1) is 14.3. The van der Waals surface area contributed by atoms with E-state index in [9.17, 15) is 9.90 Å². The number of hydrogen-bond acceptors (Lipinski definition) is 3. The highest BCUT2D eigenvalue weighted by atomic mass is 16.6. The fourth-order valence-electron chi connectivity index (χ4n) is 1.98. The third-order valence-corrected chi connectivity index (χ3v) is 3.05. The summed E-state index contributed by atoms with van der Waals surface area (Å²) in [7, 11) is 0. The number of nitrogens with zero attached hydrogens (tertiary/aromatic N) is 1. The van der Waals surface area contributed by atoms with Gasteiger partial charge in [-0.15, -0.1) is 0 Å². The van der Waals surface area contributed by atoms with Gasteiger partial charge in [0.1, 0.15) is 5.60 Å². The molecule has 4 heteroatoms. The molecule has 1 aliphatic rings. The van der Waals surface area contributed by atoms with E-state index in [-0.39, 0.29) is 12.2 Å². The second kappa shape index (κ2) is 5.71. The molecule has 0 heterocycles. The summed E-state index contributed by atoms with van der Waals surface area (Å²) in [4.78, 5) is 13.6. The molecule has 0 aromatic heterocycles. The Bertz CT molecular complexity index is 254. The summed E-state index contributed by atoms with van der Waals surface area (Å²) in [6.07, 6.45) is 2.37. The zero-order chi connectivity index (χ0) is 13.1. The molecule has 100 valence electrons. The standard InChI is InChI=1S/C13H25NO3/c1-5-14(12(16)17-13(2,3)4)7-6-10-8-11(15)9-10/h10-11,15H,5-9H2,1-4H3/t10-,11+. The number of carbonyl (C=O) groups is 1. The summed E-state index contributed by atoms with van der Waals surface area (Å²) in [5.41, 5.74) is -0.433. The van der Waals surface area contributed by atoms with Gasteiger partial charge in [0, 0.05) is 13.1 Å². The van der Waals surface area contributed by atoms with Crippen molar-refractivity contribution >= 4 is 6.09 Å². The largest absolute Gasteiger partial charge is 0.444 e. The van der Waals surface area contributed by atoms with Gasteiger partial charge >= 0.3 is 6.09 Å². The van der Waals surface area contributed by atoms with Crippen molar-refractivity contribution < 1.29 is 14.6 Å². The van der Waals surface area contributed by atoms with E-state index < -0.39 is 5.60 Å². The van der Waals surface area contributed by atoms with Crippen LogP contribution < -0.4 is 0 Å². The van der Waals surface area contributed by atoms with Crippen molar-refractivity contribution in [1.29, 1.82) is 0 Å². The van der Waals surface area contributed by atoms with Crippen LogP contribution in [-0.2, 0) is 4.74 Å². The molecule has 1 rings (SSSR count). The molecule has 4 nitrogen and oxygen atoms in total. The van der Waals surface area contributed by atoms with Gasteiger partial charge < -0.3 is 14.7 Å². The van der Waals surface area contributed by atoms with Crippen LogP contribution >= 0.6 is 0 Å². The Balaban J connectivity index is 2.29. The Morgan fingerprint density at radius 2 is 2.00 bits per heavy atom. The van der Waals surface area contributed by atoms with Crippen LogP contribution in [0.3, 0.4) is 0 Å². The zero-order valence-electron chi connectivity index (χ0n) is 11.4. The molecular weight excluding hydrogens is 218 g/mol. The van der Waals surface area contributed by atoms with Crippen LogP contribution in [0.15, 0.2) is 0 Å². The Hall–Kier alpha value is -0.770. The lowest BCUT2D eigenvalue weighted by Crippen LogP contribution is -2.39. The second-order valence-electron chi connectivity index (χ2n) is 5.84. The van der Waals surface area contributed by atoms with E-state index in [4.69, 9.17) is 4.74 Å². The van der Waals surface area contributed by atoms with Crippen LogP contribution in [0.25, 0.3) is 0 Å². The van der Waals surface area contributed by atoms with Crippen molar-refractivity contribution in [3.63, 3.8) is 0 Å². The van der Waals surface area contributed by atoms with Gasteiger partial charge in [0.15, 0.2) is 0 Å². The Morgan fingerprint density at radius 3 is 2.41 bits per heavy atom. The van der Waals surface area contributed by atoms with Crippen molar-refractivity contribution in [2.75, 3.05) is 13.1 Å². The highest BCUT2D eigenvalue weighted by molar-refractivity contribution is 5.68. The van der Waals surface area contributed by atoms with Crippen molar-refractivity contribution in [2.45, 2.75) is 58.7 Å². The van der Waals surface area contributed by atoms with E-state index in [0.717, 1.165) is 25.8 Å². The molecule has 0 bridgehead atoms.